The Balaban J connectivity index is 1.93. The second-order valence-electron chi connectivity index (χ2n) is 4.67. The van der Waals surface area contributed by atoms with Gasteiger partial charge in [-0.05, 0) is 48.2 Å². The van der Waals surface area contributed by atoms with Crippen LogP contribution in [0.25, 0.3) is 0 Å². The Bertz CT molecular complexity index is 505. The maximum Gasteiger partial charge on any atom is 0.120 e. The minimum absolute atomic E-state index is 0.578. The average Bonchev–Trinajstić information content (AvgIpc) is 2.45. The first kappa shape index (κ1) is 14.0. The predicted molar refractivity (Wildman–Crippen MR) is 80.8 cm³/mol. The first-order valence-electron chi connectivity index (χ1n) is 6.74. The lowest BCUT2D eigenvalue weighted by atomic mass is 10.1. The number of ether oxygens (including phenoxy) is 1. The Morgan fingerprint density at radius 3 is 2.53 bits per heavy atom. The molecular weight excluding hydrogens is 256 g/mol. The highest BCUT2D eigenvalue weighted by atomic mass is 35.5. The number of benzene rings is 2. The van der Waals surface area contributed by atoms with Crippen molar-refractivity contribution in [3.05, 3.63) is 64.7 Å². The van der Waals surface area contributed by atoms with Crippen molar-refractivity contribution in [2.75, 3.05) is 0 Å². The zero-order valence-electron chi connectivity index (χ0n) is 11.2. The van der Waals surface area contributed by atoms with Crippen molar-refractivity contribution < 1.29 is 4.74 Å². The van der Waals surface area contributed by atoms with Crippen LogP contribution in [0, 0.1) is 0 Å². The second-order valence-corrected chi connectivity index (χ2v) is 5.10. The zero-order chi connectivity index (χ0) is 13.5. The highest BCUT2D eigenvalue weighted by Crippen LogP contribution is 2.17. The van der Waals surface area contributed by atoms with Crippen LogP contribution < -0.4 is 4.74 Å². The van der Waals surface area contributed by atoms with Crippen molar-refractivity contribution in [3.63, 3.8) is 0 Å². The summed E-state index contributed by atoms with van der Waals surface area (Å²) in [7, 11) is 0. The van der Waals surface area contributed by atoms with Crippen LogP contribution in [0.5, 0.6) is 5.75 Å². The molecule has 0 amide bonds. The van der Waals surface area contributed by atoms with Crippen LogP contribution in [0.15, 0.2) is 48.5 Å². The third-order valence-electron chi connectivity index (χ3n) is 3.04. The van der Waals surface area contributed by atoms with E-state index in [1.807, 2.05) is 30.3 Å². The Hall–Kier alpha value is -1.47. The molecule has 2 aromatic carbocycles. The number of aryl methyl sites for hydroxylation is 1. The number of unbranched alkanes of at least 4 members (excludes halogenated alkanes) is 1. The maximum atomic E-state index is 5.86. The molecule has 1 nitrogen and oxygen atoms in total. The maximum absolute atomic E-state index is 5.86. The Kier molecular flexibility index (Phi) is 5.29. The number of rotatable bonds is 6. The smallest absolute Gasteiger partial charge is 0.120 e. The van der Waals surface area contributed by atoms with Gasteiger partial charge in [-0.3, -0.25) is 0 Å². The molecule has 0 aliphatic heterocycles. The average molecular weight is 275 g/mol. The molecule has 0 aromatic heterocycles. The van der Waals surface area contributed by atoms with E-state index in [9.17, 15) is 0 Å². The van der Waals surface area contributed by atoms with Crippen molar-refractivity contribution in [2.24, 2.45) is 0 Å². The van der Waals surface area contributed by atoms with Crippen LogP contribution in [-0.4, -0.2) is 0 Å². The molecule has 0 unspecified atom stereocenters. The lowest BCUT2D eigenvalue weighted by Gasteiger charge is -2.08. The van der Waals surface area contributed by atoms with Gasteiger partial charge in [-0.1, -0.05) is 49.2 Å². The van der Waals surface area contributed by atoms with E-state index in [2.05, 4.69) is 25.1 Å². The molecule has 0 atom stereocenters. The van der Waals surface area contributed by atoms with E-state index < -0.39 is 0 Å². The molecule has 2 aromatic rings. The van der Waals surface area contributed by atoms with Gasteiger partial charge in [0.25, 0.3) is 0 Å². The number of hydrogen-bond donors (Lipinski definition) is 0. The van der Waals surface area contributed by atoms with Crippen molar-refractivity contribution in [1.29, 1.82) is 0 Å². The zero-order valence-corrected chi connectivity index (χ0v) is 12.0. The second kappa shape index (κ2) is 7.20. The molecule has 0 saturated carbocycles. The van der Waals surface area contributed by atoms with Crippen LogP contribution in [0.1, 0.15) is 30.9 Å². The SMILES string of the molecule is CCCCc1cccc(OCc2ccc(Cl)cc2)c1. The minimum atomic E-state index is 0.578. The molecule has 0 bridgehead atoms. The molecule has 19 heavy (non-hydrogen) atoms. The summed E-state index contributed by atoms with van der Waals surface area (Å²) < 4.78 is 5.81. The molecule has 0 aliphatic carbocycles. The first-order valence-corrected chi connectivity index (χ1v) is 7.12. The largest absolute Gasteiger partial charge is 0.489 e. The molecule has 0 heterocycles. The lowest BCUT2D eigenvalue weighted by Crippen LogP contribution is -1.96. The van der Waals surface area contributed by atoms with Gasteiger partial charge in [-0.25, -0.2) is 0 Å². The Labute approximate surface area is 120 Å². The topological polar surface area (TPSA) is 9.23 Å². The van der Waals surface area contributed by atoms with Gasteiger partial charge in [0, 0.05) is 5.02 Å². The van der Waals surface area contributed by atoms with Gasteiger partial charge in [0.05, 0.1) is 0 Å². The van der Waals surface area contributed by atoms with Gasteiger partial charge in [-0.15, -0.1) is 0 Å². The summed E-state index contributed by atoms with van der Waals surface area (Å²) in [6.07, 6.45) is 3.56. The van der Waals surface area contributed by atoms with Gasteiger partial charge >= 0.3 is 0 Å². The predicted octanol–water partition coefficient (Wildman–Crippen LogP) is 5.26. The van der Waals surface area contributed by atoms with Crippen LogP contribution in [0.4, 0.5) is 0 Å². The van der Waals surface area contributed by atoms with Crippen LogP contribution in [-0.2, 0) is 13.0 Å². The molecule has 100 valence electrons. The molecule has 0 fully saturated rings. The van der Waals surface area contributed by atoms with Crippen LogP contribution in [0.2, 0.25) is 5.02 Å². The summed E-state index contributed by atoms with van der Waals surface area (Å²) in [5.41, 5.74) is 2.47. The Morgan fingerprint density at radius 2 is 1.79 bits per heavy atom. The number of halogens is 1. The van der Waals surface area contributed by atoms with E-state index in [0.717, 1.165) is 22.8 Å². The van der Waals surface area contributed by atoms with Crippen LogP contribution in [0.3, 0.4) is 0 Å². The number of hydrogen-bond acceptors (Lipinski definition) is 1. The standard InChI is InChI=1S/C17H19ClO/c1-2-3-5-14-6-4-7-17(12-14)19-13-15-8-10-16(18)11-9-15/h4,6-12H,2-3,5,13H2,1H3. The van der Waals surface area contributed by atoms with E-state index >= 15 is 0 Å². The van der Waals surface area contributed by atoms with Crippen LogP contribution >= 0.6 is 11.6 Å². The molecule has 0 radical (unpaired) electrons. The van der Waals surface area contributed by atoms with E-state index in [1.54, 1.807) is 0 Å². The summed E-state index contributed by atoms with van der Waals surface area (Å²) in [5.74, 6) is 0.934. The third kappa shape index (κ3) is 4.60. The van der Waals surface area contributed by atoms with Crippen molar-refractivity contribution in [2.45, 2.75) is 32.8 Å². The van der Waals surface area contributed by atoms with Gasteiger partial charge in [0.15, 0.2) is 0 Å². The van der Waals surface area contributed by atoms with Crippen molar-refractivity contribution >= 4 is 11.6 Å². The van der Waals surface area contributed by atoms with Gasteiger partial charge in [0.2, 0.25) is 0 Å². The summed E-state index contributed by atoms with van der Waals surface area (Å²) in [4.78, 5) is 0. The summed E-state index contributed by atoms with van der Waals surface area (Å²) in [6, 6.07) is 16.1. The normalized spacial score (nSPS) is 10.4. The summed E-state index contributed by atoms with van der Waals surface area (Å²) >= 11 is 5.86. The fourth-order valence-electron chi connectivity index (χ4n) is 1.92. The van der Waals surface area contributed by atoms with Gasteiger partial charge in [0.1, 0.15) is 12.4 Å². The van der Waals surface area contributed by atoms with E-state index in [0.29, 0.717) is 6.61 Å². The first-order chi connectivity index (χ1) is 9.28. The molecule has 2 rings (SSSR count). The van der Waals surface area contributed by atoms with E-state index in [1.165, 1.54) is 18.4 Å². The quantitative estimate of drug-likeness (QED) is 0.698. The van der Waals surface area contributed by atoms with Gasteiger partial charge in [-0.2, -0.15) is 0 Å². The fraction of sp³-hybridized carbons (Fsp3) is 0.294. The fourth-order valence-corrected chi connectivity index (χ4v) is 2.04. The molecule has 0 spiro atoms. The highest BCUT2D eigenvalue weighted by molar-refractivity contribution is 6.30. The Morgan fingerprint density at radius 1 is 1.00 bits per heavy atom. The van der Waals surface area contributed by atoms with E-state index in [4.69, 9.17) is 16.3 Å². The minimum Gasteiger partial charge on any atom is -0.489 e. The lowest BCUT2D eigenvalue weighted by molar-refractivity contribution is 0.306. The monoisotopic (exact) mass is 274 g/mol. The van der Waals surface area contributed by atoms with Gasteiger partial charge < -0.3 is 4.74 Å². The molecule has 0 N–H and O–H groups in total. The van der Waals surface area contributed by atoms with Crippen molar-refractivity contribution in [3.8, 4) is 5.75 Å². The molecular formula is C17H19ClO. The van der Waals surface area contributed by atoms with Crippen molar-refractivity contribution in [1.82, 2.24) is 0 Å². The van der Waals surface area contributed by atoms with E-state index in [-0.39, 0.29) is 0 Å². The molecule has 0 aliphatic rings. The third-order valence-corrected chi connectivity index (χ3v) is 3.29. The molecule has 2 heteroatoms. The molecule has 0 saturated heterocycles. The summed E-state index contributed by atoms with van der Waals surface area (Å²) in [6.45, 7) is 2.79. The highest BCUT2D eigenvalue weighted by Gasteiger charge is 1.98. The summed E-state index contributed by atoms with van der Waals surface area (Å²) in [5, 5.41) is 0.755.